The number of ether oxygens (including phenoxy) is 2. The van der Waals surface area contributed by atoms with E-state index < -0.39 is 28.5 Å². The number of benzene rings is 3. The van der Waals surface area contributed by atoms with E-state index in [9.17, 15) is 18.0 Å². The second-order valence-corrected chi connectivity index (χ2v) is 8.63. The Morgan fingerprint density at radius 2 is 1.56 bits per heavy atom. The molecule has 0 saturated heterocycles. The molecule has 0 aliphatic rings. The fourth-order valence-corrected chi connectivity index (χ4v) is 3.67. The third-order valence-electron chi connectivity index (χ3n) is 4.48. The van der Waals surface area contributed by atoms with E-state index in [0.29, 0.717) is 17.1 Å². The van der Waals surface area contributed by atoms with Gasteiger partial charge in [0, 0.05) is 5.69 Å². The quantitative estimate of drug-likeness (QED) is 0.352. The number of hydrogen-bond donors (Lipinski definition) is 2. The van der Waals surface area contributed by atoms with Crippen molar-refractivity contribution in [2.75, 3.05) is 26.1 Å². The summed E-state index contributed by atoms with van der Waals surface area (Å²) in [4.78, 5) is 24.3. The van der Waals surface area contributed by atoms with Crippen molar-refractivity contribution in [3.63, 3.8) is 0 Å². The topological polar surface area (TPSA) is 136 Å². The zero-order valence-corrected chi connectivity index (χ0v) is 19.2. The first kappa shape index (κ1) is 24.6. The summed E-state index contributed by atoms with van der Waals surface area (Å²) in [7, 11) is -1.32. The van der Waals surface area contributed by atoms with Gasteiger partial charge >= 0.3 is 5.97 Å². The lowest BCUT2D eigenvalue weighted by Crippen LogP contribution is -2.22. The predicted molar refractivity (Wildman–Crippen MR) is 125 cm³/mol. The highest BCUT2D eigenvalue weighted by molar-refractivity contribution is 7.89. The minimum Gasteiger partial charge on any atom is -0.495 e. The third kappa shape index (κ3) is 6.47. The number of amides is 1. The Kier molecular flexibility index (Phi) is 8.06. The number of methoxy groups -OCH3 is 1. The van der Waals surface area contributed by atoms with E-state index in [4.69, 9.17) is 9.47 Å². The minimum absolute atomic E-state index is 0.0458. The van der Waals surface area contributed by atoms with E-state index in [1.165, 1.54) is 26.3 Å². The Bertz CT molecular complexity index is 1290. The van der Waals surface area contributed by atoms with Crippen LogP contribution in [0.5, 0.6) is 5.75 Å². The van der Waals surface area contributed by atoms with Gasteiger partial charge < -0.3 is 14.8 Å². The molecule has 0 aliphatic carbocycles. The first-order valence-corrected chi connectivity index (χ1v) is 11.5. The van der Waals surface area contributed by atoms with Gasteiger partial charge in [-0.2, -0.15) is 10.2 Å². The van der Waals surface area contributed by atoms with Crippen molar-refractivity contribution in [3.8, 4) is 5.75 Å². The molecule has 34 heavy (non-hydrogen) atoms. The molecular weight excluding hydrogens is 460 g/mol. The van der Waals surface area contributed by atoms with Crippen molar-refractivity contribution < 1.29 is 27.5 Å². The van der Waals surface area contributed by atoms with Gasteiger partial charge in [0.1, 0.15) is 10.6 Å². The number of nitrogens with one attached hydrogen (secondary N) is 2. The summed E-state index contributed by atoms with van der Waals surface area (Å²) in [5, 5.41) is 10.8. The molecule has 0 bridgehead atoms. The molecule has 0 unspecified atom stereocenters. The number of esters is 1. The van der Waals surface area contributed by atoms with Gasteiger partial charge in [0.25, 0.3) is 5.91 Å². The van der Waals surface area contributed by atoms with Crippen molar-refractivity contribution in [2.45, 2.75) is 4.90 Å². The van der Waals surface area contributed by atoms with E-state index >= 15 is 0 Å². The van der Waals surface area contributed by atoms with Gasteiger partial charge in [-0.05, 0) is 61.6 Å². The minimum atomic E-state index is -3.87. The van der Waals surface area contributed by atoms with E-state index in [1.807, 2.05) is 30.3 Å². The Balaban J connectivity index is 1.57. The second-order valence-electron chi connectivity index (χ2n) is 6.78. The number of sulfonamides is 1. The smallest absolute Gasteiger partial charge is 0.338 e. The zero-order chi connectivity index (χ0) is 24.6. The third-order valence-corrected chi connectivity index (χ3v) is 5.92. The summed E-state index contributed by atoms with van der Waals surface area (Å²) in [5.74, 6) is -1.36. The molecule has 0 spiro atoms. The van der Waals surface area contributed by atoms with Gasteiger partial charge in [-0.25, -0.2) is 17.9 Å². The predicted octanol–water partition coefficient (Wildman–Crippen LogP) is 3.81. The van der Waals surface area contributed by atoms with Crippen LogP contribution in [0.4, 0.5) is 17.1 Å². The van der Waals surface area contributed by atoms with Gasteiger partial charge in [0.2, 0.25) is 10.0 Å². The molecule has 1 amide bonds. The van der Waals surface area contributed by atoms with Crippen molar-refractivity contribution in [3.05, 3.63) is 78.4 Å². The number of nitrogens with zero attached hydrogens (tertiary/aromatic N) is 2. The summed E-state index contributed by atoms with van der Waals surface area (Å²) in [6.45, 7) is -0.561. The number of anilines is 1. The molecule has 3 rings (SSSR count). The molecule has 3 aromatic rings. The number of rotatable bonds is 9. The molecule has 0 heterocycles. The van der Waals surface area contributed by atoms with Crippen LogP contribution in [0.25, 0.3) is 0 Å². The Labute approximate surface area is 196 Å². The largest absolute Gasteiger partial charge is 0.495 e. The highest BCUT2D eigenvalue weighted by Gasteiger charge is 2.21. The van der Waals surface area contributed by atoms with Crippen LogP contribution in [0.2, 0.25) is 0 Å². The first-order chi connectivity index (χ1) is 16.3. The average Bonchev–Trinajstić information content (AvgIpc) is 2.87. The van der Waals surface area contributed by atoms with Crippen LogP contribution >= 0.6 is 0 Å². The normalized spacial score (nSPS) is 11.2. The van der Waals surface area contributed by atoms with Crippen molar-refractivity contribution in [1.29, 1.82) is 0 Å². The molecule has 0 aromatic heterocycles. The van der Waals surface area contributed by atoms with E-state index in [0.717, 1.165) is 6.07 Å². The number of carbonyl (C=O) groups excluding carboxylic acids is 2. The lowest BCUT2D eigenvalue weighted by atomic mass is 10.2. The van der Waals surface area contributed by atoms with E-state index in [2.05, 4.69) is 20.3 Å². The van der Waals surface area contributed by atoms with E-state index in [1.54, 1.807) is 24.3 Å². The SMILES string of the molecule is CNS(=O)(=O)c1cc(C(=O)OCC(=O)Nc2ccc(N=Nc3ccccc3)cc2)ccc1OC. The Hall–Kier alpha value is -4.09. The van der Waals surface area contributed by atoms with Crippen LogP contribution in [0.1, 0.15) is 10.4 Å². The first-order valence-electron chi connectivity index (χ1n) is 9.98. The maximum absolute atomic E-state index is 12.3. The molecule has 0 radical (unpaired) electrons. The van der Waals surface area contributed by atoms with Crippen LogP contribution in [0, 0.1) is 0 Å². The van der Waals surface area contributed by atoms with Crippen LogP contribution in [0.3, 0.4) is 0 Å². The second kappa shape index (κ2) is 11.2. The van der Waals surface area contributed by atoms with Crippen LogP contribution < -0.4 is 14.8 Å². The van der Waals surface area contributed by atoms with Crippen LogP contribution in [-0.4, -0.2) is 41.1 Å². The van der Waals surface area contributed by atoms with Gasteiger partial charge in [0.15, 0.2) is 6.61 Å². The summed E-state index contributed by atoms with van der Waals surface area (Å²) >= 11 is 0. The summed E-state index contributed by atoms with van der Waals surface area (Å²) in [5.41, 5.74) is 1.75. The molecule has 0 atom stereocenters. The van der Waals surface area contributed by atoms with E-state index in [-0.39, 0.29) is 16.2 Å². The Morgan fingerprint density at radius 1 is 0.912 bits per heavy atom. The lowest BCUT2D eigenvalue weighted by Gasteiger charge is -2.11. The maximum Gasteiger partial charge on any atom is 0.338 e. The number of carbonyl (C=O) groups is 2. The standard InChI is InChI=1S/C23H22N4O6S/c1-24-34(30,31)21-14-16(8-13-20(21)32-2)23(29)33-15-22(28)25-17-9-11-19(12-10-17)27-26-18-6-4-3-5-7-18/h3-14,24H,15H2,1-2H3,(H,25,28). The summed E-state index contributed by atoms with van der Waals surface area (Å²) < 4.78 is 36.5. The van der Waals surface area contributed by atoms with Gasteiger partial charge in [0.05, 0.1) is 24.0 Å². The monoisotopic (exact) mass is 482 g/mol. The van der Waals surface area contributed by atoms with Crippen molar-refractivity contribution >= 4 is 39.0 Å². The Morgan fingerprint density at radius 3 is 2.18 bits per heavy atom. The molecule has 10 nitrogen and oxygen atoms in total. The van der Waals surface area contributed by atoms with Gasteiger partial charge in [-0.1, -0.05) is 18.2 Å². The zero-order valence-electron chi connectivity index (χ0n) is 18.4. The molecule has 0 saturated carbocycles. The van der Waals surface area contributed by atoms with Gasteiger partial charge in [-0.15, -0.1) is 0 Å². The molecule has 2 N–H and O–H groups in total. The molecule has 3 aromatic carbocycles. The number of hydrogen-bond acceptors (Lipinski definition) is 8. The summed E-state index contributed by atoms with van der Waals surface area (Å²) in [6, 6.07) is 19.7. The van der Waals surface area contributed by atoms with Gasteiger partial charge in [-0.3, -0.25) is 4.79 Å². The maximum atomic E-state index is 12.3. The molecule has 176 valence electrons. The lowest BCUT2D eigenvalue weighted by molar-refractivity contribution is -0.119. The summed E-state index contributed by atoms with van der Waals surface area (Å²) in [6.07, 6.45) is 0. The highest BCUT2D eigenvalue weighted by atomic mass is 32.2. The fourth-order valence-electron chi connectivity index (χ4n) is 2.76. The number of azo groups is 1. The van der Waals surface area contributed by atoms with Crippen LogP contribution in [-0.2, 0) is 19.6 Å². The highest BCUT2D eigenvalue weighted by Crippen LogP contribution is 2.25. The molecule has 0 fully saturated rings. The van der Waals surface area contributed by atoms with Crippen LogP contribution in [0.15, 0.2) is 87.9 Å². The molecular formula is C23H22N4O6S. The van der Waals surface area contributed by atoms with Crippen molar-refractivity contribution in [1.82, 2.24) is 4.72 Å². The molecule has 0 aliphatic heterocycles. The molecule has 11 heteroatoms. The van der Waals surface area contributed by atoms with Crippen molar-refractivity contribution in [2.24, 2.45) is 10.2 Å². The fraction of sp³-hybridized carbons (Fsp3) is 0.130. The average molecular weight is 483 g/mol.